The van der Waals surface area contributed by atoms with Crippen molar-refractivity contribution >= 4 is 72.6 Å². The molecule has 5 heteroatoms. The van der Waals surface area contributed by atoms with E-state index in [1.807, 2.05) is 13.0 Å². The van der Waals surface area contributed by atoms with Gasteiger partial charge in [0.1, 0.15) is 0 Å². The van der Waals surface area contributed by atoms with Gasteiger partial charge in [0.15, 0.2) is 0 Å². The Balaban J connectivity index is 3.04. The molecule has 0 amide bonds. The Hall–Kier alpha value is 0.420. The van der Waals surface area contributed by atoms with Crippen LogP contribution in [0.1, 0.15) is 5.56 Å². The number of rotatable bonds is 0. The van der Waals surface area contributed by atoms with Crippen LogP contribution in [0.15, 0.2) is 16.7 Å². The molecule has 0 aliphatic heterocycles. The molecule has 0 aliphatic carbocycles. The number of fused-ring (bicyclic) bond motifs is 1. The molecule has 0 unspecified atom stereocenters. The van der Waals surface area contributed by atoms with E-state index in [9.17, 15) is 0 Å². The van der Waals surface area contributed by atoms with E-state index in [4.69, 9.17) is 23.2 Å². The number of hydrogen-bond acceptors (Lipinski definition) is 1. The lowest BCUT2D eigenvalue weighted by atomic mass is 10.1. The Labute approximate surface area is 119 Å². The first-order valence-electron chi connectivity index (χ1n) is 4.10. The van der Waals surface area contributed by atoms with Gasteiger partial charge in [-0.1, -0.05) is 23.2 Å². The minimum atomic E-state index is 0.662. The monoisotopic (exact) mass is 415 g/mol. The minimum Gasteiger partial charge on any atom is -0.254 e. The van der Waals surface area contributed by atoms with Crippen LogP contribution >= 0.6 is 61.7 Å². The lowest BCUT2D eigenvalue weighted by Gasteiger charge is -2.08. The van der Waals surface area contributed by atoms with E-state index < -0.39 is 0 Å². The van der Waals surface area contributed by atoms with Gasteiger partial charge >= 0.3 is 0 Å². The second-order valence-electron chi connectivity index (χ2n) is 3.13. The van der Waals surface area contributed by atoms with Gasteiger partial charge in [0.25, 0.3) is 0 Å². The summed E-state index contributed by atoms with van der Waals surface area (Å²) >= 11 is 18.1. The van der Waals surface area contributed by atoms with Gasteiger partial charge in [-0.3, -0.25) is 4.98 Å². The molecule has 1 nitrogen and oxygen atoms in total. The summed E-state index contributed by atoms with van der Waals surface area (Å²) in [6.07, 6.45) is 1.74. The lowest BCUT2D eigenvalue weighted by Crippen LogP contribution is -1.88. The molecule has 0 bridgehead atoms. The Morgan fingerprint density at radius 1 is 1.33 bits per heavy atom. The molecule has 1 aromatic heterocycles. The summed E-state index contributed by atoms with van der Waals surface area (Å²) in [5.74, 6) is 0. The molecule has 1 heterocycles. The maximum atomic E-state index is 6.23. The summed E-state index contributed by atoms with van der Waals surface area (Å²) in [7, 11) is 0. The van der Waals surface area contributed by atoms with Crippen LogP contribution in [0.2, 0.25) is 10.0 Å². The largest absolute Gasteiger partial charge is 0.254 e. The van der Waals surface area contributed by atoms with Crippen molar-refractivity contribution < 1.29 is 0 Å². The van der Waals surface area contributed by atoms with E-state index in [0.717, 1.165) is 24.5 Å². The van der Waals surface area contributed by atoms with Gasteiger partial charge in [-0.05, 0) is 57.1 Å². The standard InChI is InChI=1S/C10H5BrCl2IN/c1-4-2-5(11)10-7(8(4)12)9(13)6(14)3-15-10/h2-3H,1H3. The third-order valence-electron chi connectivity index (χ3n) is 2.11. The Bertz CT molecular complexity index is 549. The van der Waals surface area contributed by atoms with Crippen molar-refractivity contribution in [1.29, 1.82) is 0 Å². The number of benzene rings is 1. The number of pyridine rings is 1. The molecule has 0 fully saturated rings. The second kappa shape index (κ2) is 4.35. The average Bonchev–Trinajstić information content (AvgIpc) is 2.19. The van der Waals surface area contributed by atoms with Crippen LogP contribution in [0.25, 0.3) is 10.9 Å². The number of hydrogen-bond donors (Lipinski definition) is 0. The third kappa shape index (κ3) is 1.99. The third-order valence-corrected chi connectivity index (χ3v) is 4.73. The molecule has 0 saturated carbocycles. The van der Waals surface area contributed by atoms with Crippen LogP contribution in [0.3, 0.4) is 0 Å². The molecule has 0 aliphatic rings. The topological polar surface area (TPSA) is 12.9 Å². The Morgan fingerprint density at radius 3 is 2.67 bits per heavy atom. The zero-order valence-corrected chi connectivity index (χ0v) is 12.9. The maximum Gasteiger partial charge on any atom is 0.0874 e. The molecule has 0 spiro atoms. The van der Waals surface area contributed by atoms with Crippen molar-refractivity contribution in [2.45, 2.75) is 6.92 Å². The van der Waals surface area contributed by atoms with Gasteiger partial charge < -0.3 is 0 Å². The van der Waals surface area contributed by atoms with E-state index in [1.165, 1.54) is 0 Å². The van der Waals surface area contributed by atoms with Gasteiger partial charge in [0, 0.05) is 16.1 Å². The van der Waals surface area contributed by atoms with Crippen molar-refractivity contribution in [2.75, 3.05) is 0 Å². The van der Waals surface area contributed by atoms with Gasteiger partial charge in [0.2, 0.25) is 0 Å². The molecule has 1 aromatic carbocycles. The predicted molar refractivity (Wildman–Crippen MR) is 76.9 cm³/mol. The summed E-state index contributed by atoms with van der Waals surface area (Å²) < 4.78 is 1.82. The van der Waals surface area contributed by atoms with Crippen molar-refractivity contribution in [1.82, 2.24) is 4.98 Å². The highest BCUT2D eigenvalue weighted by molar-refractivity contribution is 14.1. The molecule has 0 atom stereocenters. The van der Waals surface area contributed by atoms with Crippen LogP contribution < -0.4 is 0 Å². The quantitative estimate of drug-likeness (QED) is 0.537. The number of aryl methyl sites for hydroxylation is 1. The molecule has 0 N–H and O–H groups in total. The van der Waals surface area contributed by atoms with Crippen molar-refractivity contribution in [3.8, 4) is 0 Å². The fourth-order valence-corrected chi connectivity index (χ4v) is 2.94. The van der Waals surface area contributed by atoms with E-state index in [0.29, 0.717) is 10.0 Å². The summed E-state index contributed by atoms with van der Waals surface area (Å²) in [6, 6.07) is 1.95. The smallest absolute Gasteiger partial charge is 0.0874 e. The van der Waals surface area contributed by atoms with Crippen LogP contribution in [0.5, 0.6) is 0 Å². The maximum absolute atomic E-state index is 6.23. The molecule has 0 saturated heterocycles. The van der Waals surface area contributed by atoms with Crippen LogP contribution in [0, 0.1) is 10.5 Å². The van der Waals surface area contributed by atoms with E-state index in [1.54, 1.807) is 6.20 Å². The summed E-state index contributed by atoms with van der Waals surface area (Å²) in [4.78, 5) is 4.32. The zero-order valence-electron chi connectivity index (χ0n) is 7.61. The highest BCUT2D eigenvalue weighted by atomic mass is 127. The van der Waals surface area contributed by atoms with E-state index in [2.05, 4.69) is 43.5 Å². The van der Waals surface area contributed by atoms with Crippen molar-refractivity contribution in [2.24, 2.45) is 0 Å². The molecular weight excluding hydrogens is 412 g/mol. The highest BCUT2D eigenvalue weighted by Crippen LogP contribution is 2.37. The molecule has 78 valence electrons. The Kier molecular flexibility index (Phi) is 3.45. The first kappa shape index (κ1) is 11.9. The first-order chi connectivity index (χ1) is 7.02. The van der Waals surface area contributed by atoms with E-state index in [-0.39, 0.29) is 0 Å². The molecule has 15 heavy (non-hydrogen) atoms. The predicted octanol–water partition coefficient (Wildman–Crippen LogP) is 5.22. The summed E-state index contributed by atoms with van der Waals surface area (Å²) in [5, 5.41) is 2.15. The molecule has 0 radical (unpaired) electrons. The molecular formula is C10H5BrCl2IN. The van der Waals surface area contributed by atoms with Crippen LogP contribution in [-0.4, -0.2) is 4.98 Å². The van der Waals surface area contributed by atoms with Gasteiger partial charge in [-0.25, -0.2) is 0 Å². The van der Waals surface area contributed by atoms with Crippen molar-refractivity contribution in [3.05, 3.63) is 35.9 Å². The number of aromatic nitrogens is 1. The fourth-order valence-electron chi connectivity index (χ4n) is 1.37. The first-order valence-corrected chi connectivity index (χ1v) is 6.73. The number of halogens is 4. The van der Waals surface area contributed by atoms with Crippen LogP contribution in [0.4, 0.5) is 0 Å². The van der Waals surface area contributed by atoms with E-state index >= 15 is 0 Å². The fraction of sp³-hybridized carbons (Fsp3) is 0.100. The van der Waals surface area contributed by atoms with Crippen LogP contribution in [-0.2, 0) is 0 Å². The van der Waals surface area contributed by atoms with Gasteiger partial charge in [-0.2, -0.15) is 0 Å². The van der Waals surface area contributed by atoms with Gasteiger partial charge in [-0.15, -0.1) is 0 Å². The average molecular weight is 417 g/mol. The zero-order chi connectivity index (χ0) is 11.2. The number of nitrogens with zero attached hydrogens (tertiary/aromatic N) is 1. The molecule has 2 aromatic rings. The lowest BCUT2D eigenvalue weighted by molar-refractivity contribution is 1.36. The second-order valence-corrected chi connectivity index (χ2v) is 5.91. The minimum absolute atomic E-state index is 0.662. The normalized spacial score (nSPS) is 11.0. The van der Waals surface area contributed by atoms with Gasteiger partial charge in [0.05, 0.1) is 19.1 Å². The summed E-state index contributed by atoms with van der Waals surface area (Å²) in [6.45, 7) is 1.95. The summed E-state index contributed by atoms with van der Waals surface area (Å²) in [5.41, 5.74) is 1.79. The Morgan fingerprint density at radius 2 is 2.00 bits per heavy atom. The SMILES string of the molecule is Cc1cc(Br)c2ncc(I)c(Cl)c2c1Cl. The highest BCUT2D eigenvalue weighted by Gasteiger charge is 2.13. The van der Waals surface area contributed by atoms with Crippen molar-refractivity contribution in [3.63, 3.8) is 0 Å². The molecule has 2 rings (SSSR count).